The first-order valence-corrected chi connectivity index (χ1v) is 7.38. The largest absolute Gasteiger partial charge is 0.364 e. The molecule has 1 aromatic heterocycles. The van der Waals surface area contributed by atoms with Crippen LogP contribution in [0.2, 0.25) is 0 Å². The van der Waals surface area contributed by atoms with Crippen LogP contribution in [-0.2, 0) is 6.54 Å². The van der Waals surface area contributed by atoms with Gasteiger partial charge in [-0.25, -0.2) is 0 Å². The molecule has 1 aliphatic heterocycles. The fraction of sp³-hybridized carbons (Fsp3) is 0.294. The Morgan fingerprint density at radius 3 is 2.81 bits per heavy atom. The summed E-state index contributed by atoms with van der Waals surface area (Å²) in [6.45, 7) is 0.606. The van der Waals surface area contributed by atoms with Crippen LogP contribution in [0.15, 0.2) is 48.8 Å². The molecule has 0 radical (unpaired) electrons. The normalized spacial score (nSPS) is 20.9. The number of hydrogen-bond donors (Lipinski definition) is 1. The molecule has 0 saturated heterocycles. The standard InChI is InChI=1S/C17H17N3O/c21-17-14-5-1-2-6-15(14)19-16(13-7-8-13)20(17)11-12-4-3-9-18-10-12/h1-6,9-10,13,16,19H,7-8,11H2. The quantitative estimate of drug-likeness (QED) is 0.939. The van der Waals surface area contributed by atoms with Crippen LogP contribution in [0.5, 0.6) is 0 Å². The Labute approximate surface area is 123 Å². The summed E-state index contributed by atoms with van der Waals surface area (Å²) in [5.74, 6) is 0.684. The first-order valence-electron chi connectivity index (χ1n) is 7.38. The zero-order valence-corrected chi connectivity index (χ0v) is 11.7. The van der Waals surface area contributed by atoms with Crippen LogP contribution in [-0.4, -0.2) is 22.0 Å². The maximum absolute atomic E-state index is 12.8. The Bertz CT molecular complexity index is 667. The molecular formula is C17H17N3O. The molecule has 1 aliphatic carbocycles. The number of aromatic nitrogens is 1. The van der Waals surface area contributed by atoms with Gasteiger partial charge in [0.05, 0.1) is 5.56 Å². The van der Waals surface area contributed by atoms with Gasteiger partial charge in [0.2, 0.25) is 0 Å². The number of nitrogens with zero attached hydrogens (tertiary/aromatic N) is 2. The van der Waals surface area contributed by atoms with Crippen molar-refractivity contribution in [1.82, 2.24) is 9.88 Å². The van der Waals surface area contributed by atoms with E-state index in [2.05, 4.69) is 10.3 Å². The van der Waals surface area contributed by atoms with Crippen LogP contribution < -0.4 is 5.32 Å². The van der Waals surface area contributed by atoms with Crippen LogP contribution in [0.4, 0.5) is 5.69 Å². The van der Waals surface area contributed by atoms with Crippen molar-refractivity contribution in [2.75, 3.05) is 5.32 Å². The van der Waals surface area contributed by atoms with E-state index in [1.165, 1.54) is 12.8 Å². The highest BCUT2D eigenvalue weighted by molar-refractivity contribution is 6.01. The maximum Gasteiger partial charge on any atom is 0.257 e. The Morgan fingerprint density at radius 2 is 2.05 bits per heavy atom. The lowest BCUT2D eigenvalue weighted by atomic mass is 10.0. The Kier molecular flexibility index (Phi) is 2.88. The van der Waals surface area contributed by atoms with Gasteiger partial charge in [-0.2, -0.15) is 0 Å². The summed E-state index contributed by atoms with van der Waals surface area (Å²) in [5.41, 5.74) is 2.79. The minimum Gasteiger partial charge on any atom is -0.364 e. The number of amides is 1. The molecule has 1 amide bonds. The van der Waals surface area contributed by atoms with Crippen LogP contribution in [0.25, 0.3) is 0 Å². The molecule has 1 N–H and O–H groups in total. The second-order valence-corrected chi connectivity index (χ2v) is 5.77. The van der Waals surface area contributed by atoms with Gasteiger partial charge in [0.25, 0.3) is 5.91 Å². The van der Waals surface area contributed by atoms with Crippen molar-refractivity contribution in [2.45, 2.75) is 25.6 Å². The lowest BCUT2D eigenvalue weighted by molar-refractivity contribution is 0.0646. The second kappa shape index (κ2) is 4.88. The van der Waals surface area contributed by atoms with Gasteiger partial charge in [0.15, 0.2) is 0 Å². The van der Waals surface area contributed by atoms with E-state index in [0.717, 1.165) is 16.8 Å². The molecule has 2 aliphatic rings. The number of carbonyl (C=O) groups is 1. The lowest BCUT2D eigenvalue weighted by Crippen LogP contribution is -2.49. The molecule has 4 rings (SSSR count). The van der Waals surface area contributed by atoms with E-state index >= 15 is 0 Å². The van der Waals surface area contributed by atoms with E-state index in [-0.39, 0.29) is 12.1 Å². The van der Waals surface area contributed by atoms with Crippen LogP contribution >= 0.6 is 0 Å². The summed E-state index contributed by atoms with van der Waals surface area (Å²) < 4.78 is 0. The van der Waals surface area contributed by atoms with Crippen LogP contribution in [0.1, 0.15) is 28.8 Å². The predicted octanol–water partition coefficient (Wildman–Crippen LogP) is 2.89. The van der Waals surface area contributed by atoms with E-state index in [1.54, 1.807) is 6.20 Å². The molecule has 0 bridgehead atoms. The highest BCUT2D eigenvalue weighted by Gasteiger charge is 2.41. The van der Waals surface area contributed by atoms with Crippen molar-refractivity contribution in [3.8, 4) is 0 Å². The third-order valence-electron chi connectivity index (χ3n) is 4.20. The smallest absolute Gasteiger partial charge is 0.257 e. The Hall–Kier alpha value is -2.36. The predicted molar refractivity (Wildman–Crippen MR) is 80.7 cm³/mol. The summed E-state index contributed by atoms with van der Waals surface area (Å²) >= 11 is 0. The first kappa shape index (κ1) is 12.4. The monoisotopic (exact) mass is 279 g/mol. The van der Waals surface area contributed by atoms with E-state index in [9.17, 15) is 4.79 Å². The summed E-state index contributed by atoms with van der Waals surface area (Å²) in [5, 5.41) is 3.54. The van der Waals surface area contributed by atoms with Crippen molar-refractivity contribution in [1.29, 1.82) is 0 Å². The van der Waals surface area contributed by atoms with Gasteiger partial charge in [-0.1, -0.05) is 18.2 Å². The van der Waals surface area contributed by atoms with Gasteiger partial charge in [0, 0.05) is 24.6 Å². The minimum absolute atomic E-state index is 0.104. The van der Waals surface area contributed by atoms with Gasteiger partial charge in [-0.05, 0) is 42.5 Å². The Balaban J connectivity index is 1.68. The molecule has 4 heteroatoms. The molecule has 1 aromatic carbocycles. The Morgan fingerprint density at radius 1 is 1.19 bits per heavy atom. The number of hydrogen-bond acceptors (Lipinski definition) is 3. The van der Waals surface area contributed by atoms with Gasteiger partial charge < -0.3 is 10.2 Å². The maximum atomic E-state index is 12.8. The molecule has 106 valence electrons. The number of para-hydroxylation sites is 1. The average molecular weight is 279 g/mol. The topological polar surface area (TPSA) is 45.2 Å². The SMILES string of the molecule is O=C1c2ccccc2NC(C2CC2)N1Cc1cccnc1. The number of fused-ring (bicyclic) bond motifs is 1. The van der Waals surface area contributed by atoms with Crippen molar-refractivity contribution in [3.05, 3.63) is 59.9 Å². The van der Waals surface area contributed by atoms with Crippen molar-refractivity contribution < 1.29 is 4.79 Å². The fourth-order valence-corrected chi connectivity index (χ4v) is 2.96. The summed E-state index contributed by atoms with van der Waals surface area (Å²) in [6, 6.07) is 11.7. The number of nitrogens with one attached hydrogen (secondary N) is 1. The zero-order valence-electron chi connectivity index (χ0n) is 11.7. The van der Waals surface area contributed by atoms with Crippen molar-refractivity contribution in [2.24, 2.45) is 5.92 Å². The number of carbonyl (C=O) groups excluding carboxylic acids is 1. The van der Waals surface area contributed by atoms with Crippen LogP contribution in [0.3, 0.4) is 0 Å². The molecular weight excluding hydrogens is 262 g/mol. The van der Waals surface area contributed by atoms with Crippen molar-refractivity contribution >= 4 is 11.6 Å². The highest BCUT2D eigenvalue weighted by atomic mass is 16.2. The molecule has 4 nitrogen and oxygen atoms in total. The molecule has 2 aromatic rings. The molecule has 2 heterocycles. The van der Waals surface area contributed by atoms with Gasteiger partial charge >= 0.3 is 0 Å². The third kappa shape index (κ3) is 2.27. The zero-order chi connectivity index (χ0) is 14.2. The highest BCUT2D eigenvalue weighted by Crippen LogP contribution is 2.39. The molecule has 21 heavy (non-hydrogen) atoms. The van der Waals surface area contributed by atoms with Gasteiger partial charge in [-0.15, -0.1) is 0 Å². The van der Waals surface area contributed by atoms with Gasteiger partial charge in [0.1, 0.15) is 6.17 Å². The minimum atomic E-state index is 0.104. The number of pyridine rings is 1. The van der Waals surface area contributed by atoms with E-state index in [0.29, 0.717) is 12.5 Å². The van der Waals surface area contributed by atoms with E-state index in [1.807, 2.05) is 47.5 Å². The molecule has 1 unspecified atom stereocenters. The van der Waals surface area contributed by atoms with E-state index < -0.39 is 0 Å². The summed E-state index contributed by atoms with van der Waals surface area (Å²) in [7, 11) is 0. The molecule has 1 fully saturated rings. The number of anilines is 1. The van der Waals surface area contributed by atoms with Crippen molar-refractivity contribution in [3.63, 3.8) is 0 Å². The second-order valence-electron chi connectivity index (χ2n) is 5.77. The molecule has 1 atom stereocenters. The third-order valence-corrected chi connectivity index (χ3v) is 4.20. The number of benzene rings is 1. The lowest BCUT2D eigenvalue weighted by Gasteiger charge is -2.38. The molecule has 0 spiro atoms. The van der Waals surface area contributed by atoms with Gasteiger partial charge in [-0.3, -0.25) is 9.78 Å². The van der Waals surface area contributed by atoms with E-state index in [4.69, 9.17) is 0 Å². The molecule has 1 saturated carbocycles. The fourth-order valence-electron chi connectivity index (χ4n) is 2.96. The van der Waals surface area contributed by atoms with Crippen LogP contribution in [0, 0.1) is 5.92 Å². The summed E-state index contributed by atoms with van der Waals surface area (Å²) in [6.07, 6.45) is 6.08. The summed E-state index contributed by atoms with van der Waals surface area (Å²) in [4.78, 5) is 18.9. The average Bonchev–Trinajstić information content (AvgIpc) is 3.36. The first-order chi connectivity index (χ1) is 10.3. The number of rotatable bonds is 3.